The molecule has 0 radical (unpaired) electrons. The van der Waals surface area contributed by atoms with Gasteiger partial charge in [-0.2, -0.15) is 0 Å². The highest BCUT2D eigenvalue weighted by molar-refractivity contribution is 6.15. The number of pyridine rings is 1. The summed E-state index contributed by atoms with van der Waals surface area (Å²) in [5, 5.41) is 6.09. The molecule has 0 atom stereocenters. The zero-order valence-electron chi connectivity index (χ0n) is 13.1. The average molecular weight is 305 g/mol. The van der Waals surface area contributed by atoms with E-state index in [2.05, 4.69) is 78.9 Å². The zero-order valence-corrected chi connectivity index (χ0v) is 13.1. The SMILES string of the molecule is c1ccc(-c2ccc3c(cnc4c5ccccc5ccc34)c2)cc1. The van der Waals surface area contributed by atoms with Crippen molar-refractivity contribution in [3.63, 3.8) is 0 Å². The van der Waals surface area contributed by atoms with Gasteiger partial charge in [0, 0.05) is 22.4 Å². The molecular formula is C23H15N. The van der Waals surface area contributed by atoms with Gasteiger partial charge in [-0.05, 0) is 28.0 Å². The Morgan fingerprint density at radius 3 is 2.21 bits per heavy atom. The van der Waals surface area contributed by atoms with Gasteiger partial charge in [0.05, 0.1) is 5.52 Å². The molecule has 1 nitrogen and oxygen atoms in total. The summed E-state index contributed by atoms with van der Waals surface area (Å²) in [6, 6.07) is 29.9. The van der Waals surface area contributed by atoms with Gasteiger partial charge >= 0.3 is 0 Å². The third kappa shape index (κ3) is 1.99. The molecule has 0 aliphatic heterocycles. The molecule has 0 aliphatic carbocycles. The zero-order chi connectivity index (χ0) is 15.9. The summed E-state index contributed by atoms with van der Waals surface area (Å²) in [5.74, 6) is 0. The van der Waals surface area contributed by atoms with E-state index in [4.69, 9.17) is 4.98 Å². The molecule has 5 rings (SSSR count). The van der Waals surface area contributed by atoms with Crippen LogP contribution < -0.4 is 0 Å². The van der Waals surface area contributed by atoms with Crippen molar-refractivity contribution in [1.29, 1.82) is 0 Å². The fraction of sp³-hybridized carbons (Fsp3) is 0. The maximum Gasteiger partial charge on any atom is 0.0786 e. The van der Waals surface area contributed by atoms with Crippen molar-refractivity contribution in [3.05, 3.63) is 91.1 Å². The van der Waals surface area contributed by atoms with Crippen molar-refractivity contribution in [3.8, 4) is 11.1 Å². The summed E-state index contributed by atoms with van der Waals surface area (Å²) in [7, 11) is 0. The van der Waals surface area contributed by atoms with E-state index in [1.807, 2.05) is 12.3 Å². The Morgan fingerprint density at radius 2 is 1.29 bits per heavy atom. The molecule has 24 heavy (non-hydrogen) atoms. The molecule has 0 fully saturated rings. The first-order valence-electron chi connectivity index (χ1n) is 8.16. The smallest absolute Gasteiger partial charge is 0.0786 e. The molecule has 1 aromatic heterocycles. The quantitative estimate of drug-likeness (QED) is 0.336. The third-order valence-electron chi connectivity index (χ3n) is 4.68. The molecule has 1 heteroatoms. The summed E-state index contributed by atoms with van der Waals surface area (Å²) in [6.07, 6.45) is 2.00. The van der Waals surface area contributed by atoms with Gasteiger partial charge in [0.15, 0.2) is 0 Å². The Kier molecular flexibility index (Phi) is 2.86. The topological polar surface area (TPSA) is 12.9 Å². The van der Waals surface area contributed by atoms with Crippen LogP contribution in [0.5, 0.6) is 0 Å². The highest BCUT2D eigenvalue weighted by Gasteiger charge is 2.07. The molecule has 0 amide bonds. The highest BCUT2D eigenvalue weighted by atomic mass is 14.7. The van der Waals surface area contributed by atoms with Crippen LogP contribution in [0.3, 0.4) is 0 Å². The van der Waals surface area contributed by atoms with E-state index in [-0.39, 0.29) is 0 Å². The lowest BCUT2D eigenvalue weighted by atomic mass is 9.98. The van der Waals surface area contributed by atoms with Crippen molar-refractivity contribution in [2.75, 3.05) is 0 Å². The molecule has 1 heterocycles. The van der Waals surface area contributed by atoms with Crippen molar-refractivity contribution in [2.24, 2.45) is 0 Å². The van der Waals surface area contributed by atoms with Gasteiger partial charge in [-0.1, -0.05) is 78.9 Å². The lowest BCUT2D eigenvalue weighted by Gasteiger charge is -2.08. The van der Waals surface area contributed by atoms with Crippen LogP contribution in [-0.4, -0.2) is 4.98 Å². The predicted molar refractivity (Wildman–Crippen MR) is 102 cm³/mol. The molecule has 4 aromatic carbocycles. The number of benzene rings is 4. The Morgan fingerprint density at radius 1 is 0.500 bits per heavy atom. The molecule has 0 spiro atoms. The van der Waals surface area contributed by atoms with Gasteiger partial charge in [-0.15, -0.1) is 0 Å². The second-order valence-corrected chi connectivity index (χ2v) is 6.11. The summed E-state index contributed by atoms with van der Waals surface area (Å²) in [6.45, 7) is 0. The number of fused-ring (bicyclic) bond motifs is 5. The minimum absolute atomic E-state index is 1.08. The molecule has 0 saturated heterocycles. The van der Waals surface area contributed by atoms with Crippen molar-refractivity contribution >= 4 is 32.4 Å². The maximum atomic E-state index is 4.77. The molecule has 5 aromatic rings. The van der Waals surface area contributed by atoms with Gasteiger partial charge in [-0.25, -0.2) is 0 Å². The summed E-state index contributed by atoms with van der Waals surface area (Å²) >= 11 is 0. The van der Waals surface area contributed by atoms with E-state index in [1.165, 1.54) is 38.1 Å². The molecule has 0 N–H and O–H groups in total. The molecule has 112 valence electrons. The fourth-order valence-corrected chi connectivity index (χ4v) is 3.47. The monoisotopic (exact) mass is 305 g/mol. The summed E-state index contributed by atoms with van der Waals surface area (Å²) in [4.78, 5) is 4.77. The molecule has 0 bridgehead atoms. The van der Waals surface area contributed by atoms with Crippen molar-refractivity contribution in [1.82, 2.24) is 4.98 Å². The van der Waals surface area contributed by atoms with E-state index in [0.29, 0.717) is 0 Å². The third-order valence-corrected chi connectivity index (χ3v) is 4.68. The van der Waals surface area contributed by atoms with Crippen LogP contribution >= 0.6 is 0 Å². The maximum absolute atomic E-state index is 4.77. The lowest BCUT2D eigenvalue weighted by molar-refractivity contribution is 1.46. The van der Waals surface area contributed by atoms with Gasteiger partial charge in [-0.3, -0.25) is 4.98 Å². The van der Waals surface area contributed by atoms with Crippen molar-refractivity contribution < 1.29 is 0 Å². The van der Waals surface area contributed by atoms with Crippen LogP contribution in [-0.2, 0) is 0 Å². The predicted octanol–water partition coefficient (Wildman–Crippen LogP) is 6.21. The first kappa shape index (κ1) is 13.3. The number of aromatic nitrogens is 1. The minimum atomic E-state index is 1.08. The van der Waals surface area contributed by atoms with Crippen molar-refractivity contribution in [2.45, 2.75) is 0 Å². The van der Waals surface area contributed by atoms with E-state index >= 15 is 0 Å². The second kappa shape index (κ2) is 5.17. The highest BCUT2D eigenvalue weighted by Crippen LogP contribution is 2.31. The Bertz CT molecular complexity index is 1190. The van der Waals surface area contributed by atoms with Gasteiger partial charge in [0.25, 0.3) is 0 Å². The first-order chi connectivity index (χ1) is 11.9. The van der Waals surface area contributed by atoms with Gasteiger partial charge in [0.1, 0.15) is 0 Å². The second-order valence-electron chi connectivity index (χ2n) is 6.11. The normalized spacial score (nSPS) is 11.3. The number of hydrogen-bond acceptors (Lipinski definition) is 1. The molecule has 0 unspecified atom stereocenters. The molecule has 0 aliphatic rings. The Labute approximate surface area is 140 Å². The summed E-state index contributed by atoms with van der Waals surface area (Å²) in [5.41, 5.74) is 3.54. The van der Waals surface area contributed by atoms with E-state index in [9.17, 15) is 0 Å². The van der Waals surface area contributed by atoms with Crippen LogP contribution in [0.1, 0.15) is 0 Å². The van der Waals surface area contributed by atoms with E-state index < -0.39 is 0 Å². The van der Waals surface area contributed by atoms with Gasteiger partial charge < -0.3 is 0 Å². The van der Waals surface area contributed by atoms with Crippen LogP contribution in [0.4, 0.5) is 0 Å². The fourth-order valence-electron chi connectivity index (χ4n) is 3.47. The number of rotatable bonds is 1. The lowest BCUT2D eigenvalue weighted by Crippen LogP contribution is -1.85. The standard InChI is InChI=1S/C23H15N/c1-2-6-16(7-3-1)18-11-12-20-19(14-18)15-24-23-21-9-5-4-8-17(21)10-13-22(20)23/h1-15H. The molecule has 0 saturated carbocycles. The number of nitrogens with zero attached hydrogens (tertiary/aromatic N) is 1. The molecular weight excluding hydrogens is 290 g/mol. The minimum Gasteiger partial charge on any atom is -0.255 e. The summed E-state index contributed by atoms with van der Waals surface area (Å²) < 4.78 is 0. The van der Waals surface area contributed by atoms with Crippen LogP contribution in [0, 0.1) is 0 Å². The average Bonchev–Trinajstić information content (AvgIpc) is 2.67. The Hall–Kier alpha value is -3.19. The largest absolute Gasteiger partial charge is 0.255 e. The Balaban J connectivity index is 1.81. The van der Waals surface area contributed by atoms with Crippen LogP contribution in [0.15, 0.2) is 91.1 Å². The van der Waals surface area contributed by atoms with Crippen LogP contribution in [0.2, 0.25) is 0 Å². The van der Waals surface area contributed by atoms with E-state index in [1.54, 1.807) is 0 Å². The van der Waals surface area contributed by atoms with Gasteiger partial charge in [0.2, 0.25) is 0 Å². The van der Waals surface area contributed by atoms with E-state index in [0.717, 1.165) is 5.52 Å². The number of hydrogen-bond donors (Lipinski definition) is 0. The first-order valence-corrected chi connectivity index (χ1v) is 8.16. The van der Waals surface area contributed by atoms with Crippen LogP contribution in [0.25, 0.3) is 43.6 Å².